The van der Waals surface area contributed by atoms with Gasteiger partial charge in [0.1, 0.15) is 0 Å². The van der Waals surface area contributed by atoms with E-state index < -0.39 is 0 Å². The Morgan fingerprint density at radius 3 is 2.75 bits per heavy atom. The van der Waals surface area contributed by atoms with E-state index in [9.17, 15) is 0 Å². The number of imidazole rings is 1. The lowest BCUT2D eigenvalue weighted by atomic mass is 10.1. The molecule has 7 nitrogen and oxygen atoms in total. The molecule has 0 spiro atoms. The maximum atomic E-state index is 5.42. The van der Waals surface area contributed by atoms with Gasteiger partial charge in [-0.3, -0.25) is 4.99 Å². The lowest BCUT2D eigenvalue weighted by molar-refractivity contribution is 0.174. The van der Waals surface area contributed by atoms with E-state index in [1.807, 2.05) is 41.1 Å². The maximum absolute atomic E-state index is 5.42. The van der Waals surface area contributed by atoms with Crippen LogP contribution in [0, 0.1) is 0 Å². The number of ether oxygens (including phenoxy) is 2. The zero-order valence-corrected chi connectivity index (χ0v) is 17.8. The predicted octanol–water partition coefficient (Wildman–Crippen LogP) is 3.08. The Morgan fingerprint density at radius 1 is 1.11 bits per heavy atom. The average molecular weight is 491 g/mol. The van der Waals surface area contributed by atoms with Gasteiger partial charge < -0.3 is 24.7 Å². The van der Waals surface area contributed by atoms with Crippen molar-refractivity contribution in [1.82, 2.24) is 20.2 Å². The molecule has 1 aliphatic rings. The molecule has 1 aromatic heterocycles. The van der Waals surface area contributed by atoms with Crippen molar-refractivity contribution in [1.29, 1.82) is 0 Å². The first-order valence-corrected chi connectivity index (χ1v) is 8.73. The number of hydrogen-bond donors (Lipinski definition) is 2. The van der Waals surface area contributed by atoms with E-state index >= 15 is 0 Å². The van der Waals surface area contributed by atoms with Crippen molar-refractivity contribution < 1.29 is 9.47 Å². The molecule has 2 aromatic carbocycles. The number of rotatable bonds is 5. The summed E-state index contributed by atoms with van der Waals surface area (Å²) in [6.45, 7) is 1.57. The van der Waals surface area contributed by atoms with Crippen LogP contribution in [0.3, 0.4) is 0 Å². The lowest BCUT2D eigenvalue weighted by Crippen LogP contribution is -2.36. The summed E-state index contributed by atoms with van der Waals surface area (Å²) in [5, 5.41) is 6.68. The van der Waals surface area contributed by atoms with E-state index in [4.69, 9.17) is 9.47 Å². The molecular formula is C20H22IN5O2. The van der Waals surface area contributed by atoms with Gasteiger partial charge in [0.15, 0.2) is 17.5 Å². The summed E-state index contributed by atoms with van der Waals surface area (Å²) in [4.78, 5) is 8.43. The van der Waals surface area contributed by atoms with Gasteiger partial charge in [0.05, 0.1) is 12.0 Å². The summed E-state index contributed by atoms with van der Waals surface area (Å²) in [6.07, 6.45) is 5.51. The third-order valence-electron chi connectivity index (χ3n) is 4.34. The standard InChI is InChI=1S/C20H21N5O2.HI/c1-21-20(23-11-15-6-7-18-19(10-15)27-14-26-18)24-12-16-4-2-3-5-17(16)25-9-8-22-13-25;/h2-10,13H,11-12,14H2,1H3,(H2,21,23,24);1H. The van der Waals surface area contributed by atoms with Crippen LogP contribution in [0.25, 0.3) is 5.69 Å². The van der Waals surface area contributed by atoms with Crippen molar-refractivity contribution >= 4 is 29.9 Å². The Kier molecular flexibility index (Phi) is 6.75. The normalized spacial score (nSPS) is 12.4. The highest BCUT2D eigenvalue weighted by Crippen LogP contribution is 2.32. The van der Waals surface area contributed by atoms with E-state index in [0.717, 1.165) is 34.3 Å². The summed E-state index contributed by atoms with van der Waals surface area (Å²) >= 11 is 0. The maximum Gasteiger partial charge on any atom is 0.231 e. The summed E-state index contributed by atoms with van der Waals surface area (Å²) in [5.41, 5.74) is 3.34. The molecule has 0 amide bonds. The van der Waals surface area contributed by atoms with Crippen LogP contribution in [-0.2, 0) is 13.1 Å². The quantitative estimate of drug-likeness (QED) is 0.326. The number of nitrogens with zero attached hydrogens (tertiary/aromatic N) is 3. The molecule has 28 heavy (non-hydrogen) atoms. The Labute approximate surface area is 180 Å². The number of aromatic nitrogens is 2. The zero-order chi connectivity index (χ0) is 18.5. The molecule has 0 aliphatic carbocycles. The summed E-state index contributed by atoms with van der Waals surface area (Å²) in [6, 6.07) is 14.1. The van der Waals surface area contributed by atoms with E-state index in [2.05, 4.69) is 32.7 Å². The largest absolute Gasteiger partial charge is 0.454 e. The molecule has 0 saturated carbocycles. The van der Waals surface area contributed by atoms with Gasteiger partial charge in [-0.15, -0.1) is 24.0 Å². The van der Waals surface area contributed by atoms with Gasteiger partial charge in [-0.25, -0.2) is 4.98 Å². The van der Waals surface area contributed by atoms with Crippen molar-refractivity contribution in [3.8, 4) is 17.2 Å². The molecule has 0 bridgehead atoms. The monoisotopic (exact) mass is 491 g/mol. The molecule has 0 fully saturated rings. The second-order valence-electron chi connectivity index (χ2n) is 6.07. The first-order chi connectivity index (χ1) is 13.3. The minimum Gasteiger partial charge on any atom is -0.454 e. The van der Waals surface area contributed by atoms with Crippen molar-refractivity contribution in [2.45, 2.75) is 13.1 Å². The van der Waals surface area contributed by atoms with Gasteiger partial charge in [-0.05, 0) is 29.3 Å². The van der Waals surface area contributed by atoms with Gasteiger partial charge in [0, 0.05) is 32.5 Å². The van der Waals surface area contributed by atoms with Crippen LogP contribution in [0.5, 0.6) is 11.5 Å². The molecule has 2 N–H and O–H groups in total. The van der Waals surface area contributed by atoms with Gasteiger partial charge >= 0.3 is 0 Å². The highest BCUT2D eigenvalue weighted by atomic mass is 127. The SMILES string of the molecule is CN=C(NCc1ccc2c(c1)OCO2)NCc1ccccc1-n1ccnc1.I. The first-order valence-electron chi connectivity index (χ1n) is 8.73. The highest BCUT2D eigenvalue weighted by molar-refractivity contribution is 14.0. The Hall–Kier alpha value is -2.75. The second kappa shape index (κ2) is 9.45. The molecule has 2 heterocycles. The van der Waals surface area contributed by atoms with Crippen LogP contribution in [0.15, 0.2) is 66.2 Å². The zero-order valence-electron chi connectivity index (χ0n) is 15.5. The number of para-hydroxylation sites is 1. The second-order valence-corrected chi connectivity index (χ2v) is 6.07. The number of hydrogen-bond acceptors (Lipinski definition) is 4. The van der Waals surface area contributed by atoms with E-state index in [1.165, 1.54) is 0 Å². The number of fused-ring (bicyclic) bond motifs is 1. The van der Waals surface area contributed by atoms with E-state index in [-0.39, 0.29) is 30.8 Å². The van der Waals surface area contributed by atoms with E-state index in [0.29, 0.717) is 13.1 Å². The molecule has 8 heteroatoms. The molecule has 0 radical (unpaired) electrons. The Bertz CT molecular complexity index is 944. The minimum absolute atomic E-state index is 0. The molecule has 4 rings (SSSR count). The van der Waals surface area contributed by atoms with Crippen LogP contribution < -0.4 is 20.1 Å². The number of benzene rings is 2. The van der Waals surface area contributed by atoms with Crippen molar-refractivity contribution in [2.24, 2.45) is 4.99 Å². The topological polar surface area (TPSA) is 72.7 Å². The first kappa shape index (κ1) is 20.0. The minimum atomic E-state index is 0. The summed E-state index contributed by atoms with van der Waals surface area (Å²) < 4.78 is 12.8. The molecule has 3 aromatic rings. The fourth-order valence-electron chi connectivity index (χ4n) is 2.95. The van der Waals surface area contributed by atoms with Crippen molar-refractivity contribution in [2.75, 3.05) is 13.8 Å². The van der Waals surface area contributed by atoms with Crippen LogP contribution in [-0.4, -0.2) is 29.4 Å². The van der Waals surface area contributed by atoms with Gasteiger partial charge in [0.25, 0.3) is 0 Å². The van der Waals surface area contributed by atoms with Crippen molar-refractivity contribution in [3.05, 3.63) is 72.3 Å². The van der Waals surface area contributed by atoms with Gasteiger partial charge in [-0.1, -0.05) is 24.3 Å². The van der Waals surface area contributed by atoms with Crippen LogP contribution in [0.2, 0.25) is 0 Å². The van der Waals surface area contributed by atoms with E-state index in [1.54, 1.807) is 19.6 Å². The average Bonchev–Trinajstić information content (AvgIpc) is 3.40. The fraction of sp³-hybridized carbons (Fsp3) is 0.200. The Balaban J connectivity index is 0.00000225. The van der Waals surface area contributed by atoms with Crippen molar-refractivity contribution in [3.63, 3.8) is 0 Å². The smallest absolute Gasteiger partial charge is 0.231 e. The molecule has 0 saturated heterocycles. The molecule has 0 atom stereocenters. The lowest BCUT2D eigenvalue weighted by Gasteiger charge is -2.15. The summed E-state index contributed by atoms with van der Waals surface area (Å²) in [7, 11) is 1.76. The third-order valence-corrected chi connectivity index (χ3v) is 4.34. The molecule has 146 valence electrons. The number of aliphatic imine (C=N–C) groups is 1. The number of halogens is 1. The van der Waals surface area contributed by atoms with Crippen LogP contribution >= 0.6 is 24.0 Å². The molecular weight excluding hydrogens is 469 g/mol. The molecule has 1 aliphatic heterocycles. The van der Waals surface area contributed by atoms with Gasteiger partial charge in [0.2, 0.25) is 6.79 Å². The number of nitrogens with one attached hydrogen (secondary N) is 2. The van der Waals surface area contributed by atoms with Gasteiger partial charge in [-0.2, -0.15) is 0 Å². The highest BCUT2D eigenvalue weighted by Gasteiger charge is 2.13. The molecule has 0 unspecified atom stereocenters. The third kappa shape index (κ3) is 4.56. The summed E-state index contributed by atoms with van der Waals surface area (Å²) in [5.74, 6) is 2.30. The number of guanidine groups is 1. The van der Waals surface area contributed by atoms with Crippen LogP contribution in [0.4, 0.5) is 0 Å². The predicted molar refractivity (Wildman–Crippen MR) is 119 cm³/mol. The van der Waals surface area contributed by atoms with Crippen LogP contribution in [0.1, 0.15) is 11.1 Å². The fourth-order valence-corrected chi connectivity index (χ4v) is 2.95. The Morgan fingerprint density at radius 2 is 1.93 bits per heavy atom.